The van der Waals surface area contributed by atoms with E-state index in [0.29, 0.717) is 0 Å². The number of piperazine rings is 1. The van der Waals surface area contributed by atoms with Crippen molar-refractivity contribution < 1.29 is 9.53 Å². The molecule has 1 fully saturated rings. The van der Waals surface area contributed by atoms with Crippen LogP contribution < -0.4 is 0 Å². The van der Waals surface area contributed by atoms with Gasteiger partial charge in [-0.15, -0.1) is 0 Å². The normalized spacial score (nSPS) is 19.5. The highest BCUT2D eigenvalue weighted by molar-refractivity contribution is 5.82. The van der Waals surface area contributed by atoms with Crippen LogP contribution >= 0.6 is 0 Å². The third-order valence-corrected chi connectivity index (χ3v) is 5.42. The lowest BCUT2D eigenvalue weighted by molar-refractivity contribution is -0.165. The molecule has 2 aromatic carbocycles. The minimum Gasteiger partial charge on any atom is -0.456 e. The van der Waals surface area contributed by atoms with Gasteiger partial charge >= 0.3 is 5.97 Å². The van der Waals surface area contributed by atoms with Gasteiger partial charge in [-0.25, -0.2) is 4.79 Å². The number of benzene rings is 2. The summed E-state index contributed by atoms with van der Waals surface area (Å²) in [4.78, 5) is 17.9. The second-order valence-corrected chi connectivity index (χ2v) is 7.19. The molecule has 0 spiro atoms. The number of hydrogen-bond acceptors (Lipinski definition) is 4. The molecule has 1 heterocycles. The lowest BCUT2D eigenvalue weighted by Crippen LogP contribution is -2.57. The summed E-state index contributed by atoms with van der Waals surface area (Å²) in [6, 6.07) is 19.9. The van der Waals surface area contributed by atoms with Gasteiger partial charge < -0.3 is 9.64 Å². The number of hydrogen-bond donors (Lipinski definition) is 0. The van der Waals surface area contributed by atoms with E-state index < -0.39 is 5.54 Å². The van der Waals surface area contributed by atoms with Crippen molar-refractivity contribution in [1.82, 2.24) is 9.80 Å². The van der Waals surface area contributed by atoms with Gasteiger partial charge in [0.15, 0.2) is 0 Å². The van der Waals surface area contributed by atoms with Crippen LogP contribution in [-0.4, -0.2) is 49.0 Å². The Morgan fingerprint density at radius 3 is 2.08 bits per heavy atom. The molecule has 1 saturated heterocycles. The maximum absolute atomic E-state index is 13.4. The summed E-state index contributed by atoms with van der Waals surface area (Å²) in [7, 11) is 2.12. The smallest absolute Gasteiger partial charge is 0.331 e. The molecule has 0 N–H and O–H groups in total. The highest BCUT2D eigenvalue weighted by Gasteiger charge is 2.44. The first kappa shape index (κ1) is 18.6. The van der Waals surface area contributed by atoms with E-state index in [4.69, 9.17) is 4.74 Å². The molecule has 0 radical (unpaired) electrons. The summed E-state index contributed by atoms with van der Waals surface area (Å²) in [5.74, 6) is -0.190. The molecule has 26 heavy (non-hydrogen) atoms. The average Bonchev–Trinajstić information content (AvgIpc) is 2.69. The molecule has 1 aliphatic rings. The van der Waals surface area contributed by atoms with Crippen LogP contribution in [0.5, 0.6) is 0 Å². The molecule has 0 bridgehead atoms. The zero-order valence-electron chi connectivity index (χ0n) is 15.9. The number of carbonyl (C=O) groups is 1. The largest absolute Gasteiger partial charge is 0.456 e. The molecule has 0 aliphatic carbocycles. The summed E-state index contributed by atoms with van der Waals surface area (Å²) < 4.78 is 5.94. The molecule has 0 aromatic heterocycles. The fourth-order valence-corrected chi connectivity index (χ4v) is 3.51. The van der Waals surface area contributed by atoms with Gasteiger partial charge in [-0.1, -0.05) is 60.7 Å². The van der Waals surface area contributed by atoms with Crippen molar-refractivity contribution in [3.8, 4) is 0 Å². The van der Waals surface area contributed by atoms with Crippen molar-refractivity contribution in [2.24, 2.45) is 0 Å². The fourth-order valence-electron chi connectivity index (χ4n) is 3.51. The number of esters is 1. The van der Waals surface area contributed by atoms with E-state index in [1.807, 2.05) is 74.5 Å². The van der Waals surface area contributed by atoms with E-state index in [0.717, 1.165) is 37.3 Å². The molecule has 2 unspecified atom stereocenters. The van der Waals surface area contributed by atoms with Crippen molar-refractivity contribution >= 4 is 5.97 Å². The van der Waals surface area contributed by atoms with E-state index in [-0.39, 0.29) is 12.1 Å². The molecule has 2 atom stereocenters. The summed E-state index contributed by atoms with van der Waals surface area (Å²) in [5, 5.41) is 0. The van der Waals surface area contributed by atoms with Gasteiger partial charge in [-0.2, -0.15) is 0 Å². The Labute approximate surface area is 156 Å². The van der Waals surface area contributed by atoms with Crippen LogP contribution in [-0.2, 0) is 15.1 Å². The summed E-state index contributed by atoms with van der Waals surface area (Å²) >= 11 is 0. The predicted octanol–water partition coefficient (Wildman–Crippen LogP) is 3.45. The maximum atomic E-state index is 13.4. The van der Waals surface area contributed by atoms with Crippen LogP contribution in [0, 0.1) is 0 Å². The zero-order valence-corrected chi connectivity index (χ0v) is 15.9. The molecule has 2 aromatic rings. The Bertz CT molecular complexity index is 711. The Hall–Kier alpha value is -2.17. The van der Waals surface area contributed by atoms with E-state index >= 15 is 0 Å². The molecule has 1 aliphatic heterocycles. The first-order chi connectivity index (χ1) is 12.5. The minimum absolute atomic E-state index is 0.190. The van der Waals surface area contributed by atoms with Crippen molar-refractivity contribution in [2.75, 3.05) is 33.2 Å². The third kappa shape index (κ3) is 3.81. The van der Waals surface area contributed by atoms with Crippen LogP contribution in [0.1, 0.15) is 31.1 Å². The van der Waals surface area contributed by atoms with Gasteiger partial charge in [0, 0.05) is 26.2 Å². The van der Waals surface area contributed by atoms with Crippen molar-refractivity contribution in [2.45, 2.75) is 25.5 Å². The Morgan fingerprint density at radius 2 is 1.50 bits per heavy atom. The fraction of sp³-hybridized carbons (Fsp3) is 0.409. The van der Waals surface area contributed by atoms with Crippen LogP contribution in [0.4, 0.5) is 0 Å². The number of ether oxygens (including phenoxy) is 1. The Kier molecular flexibility index (Phi) is 5.74. The van der Waals surface area contributed by atoms with Gasteiger partial charge in [0.2, 0.25) is 0 Å². The van der Waals surface area contributed by atoms with Gasteiger partial charge in [0.05, 0.1) is 0 Å². The molecule has 0 saturated carbocycles. The zero-order chi connectivity index (χ0) is 18.6. The molecule has 4 heteroatoms. The molecular formula is C22H28N2O2. The van der Waals surface area contributed by atoms with Gasteiger partial charge in [0.25, 0.3) is 0 Å². The van der Waals surface area contributed by atoms with Gasteiger partial charge in [-0.05, 0) is 32.0 Å². The van der Waals surface area contributed by atoms with Crippen LogP contribution in [0.25, 0.3) is 0 Å². The molecule has 138 valence electrons. The van der Waals surface area contributed by atoms with E-state index in [1.165, 1.54) is 0 Å². The number of likely N-dealkylation sites (N-methyl/N-ethyl adjacent to an activating group) is 1. The highest BCUT2D eigenvalue weighted by atomic mass is 16.5. The summed E-state index contributed by atoms with van der Waals surface area (Å²) in [5.41, 5.74) is 1.20. The second-order valence-electron chi connectivity index (χ2n) is 7.19. The molecule has 4 nitrogen and oxygen atoms in total. The molecule has 3 rings (SSSR count). The SMILES string of the molecule is CC(OC(=O)C(C)(c1ccccc1)N1CCN(C)CC1)c1ccccc1. The van der Waals surface area contributed by atoms with Crippen LogP contribution in [0.15, 0.2) is 60.7 Å². The first-order valence-electron chi connectivity index (χ1n) is 9.27. The van der Waals surface area contributed by atoms with E-state index in [9.17, 15) is 4.79 Å². The lowest BCUT2D eigenvalue weighted by atomic mass is 9.89. The first-order valence-corrected chi connectivity index (χ1v) is 9.27. The minimum atomic E-state index is -0.786. The lowest BCUT2D eigenvalue weighted by Gasteiger charge is -2.44. The third-order valence-electron chi connectivity index (χ3n) is 5.42. The van der Waals surface area contributed by atoms with Crippen LogP contribution in [0.3, 0.4) is 0 Å². The van der Waals surface area contributed by atoms with Crippen LogP contribution in [0.2, 0.25) is 0 Å². The number of nitrogens with zero attached hydrogens (tertiary/aromatic N) is 2. The summed E-state index contributed by atoms with van der Waals surface area (Å²) in [6.07, 6.45) is -0.279. The van der Waals surface area contributed by atoms with Crippen molar-refractivity contribution in [1.29, 1.82) is 0 Å². The van der Waals surface area contributed by atoms with Crippen molar-refractivity contribution in [3.63, 3.8) is 0 Å². The second kappa shape index (κ2) is 8.02. The number of rotatable bonds is 5. The quantitative estimate of drug-likeness (QED) is 0.772. The average molecular weight is 352 g/mol. The van der Waals surface area contributed by atoms with Crippen molar-refractivity contribution in [3.05, 3.63) is 71.8 Å². The topological polar surface area (TPSA) is 32.8 Å². The monoisotopic (exact) mass is 352 g/mol. The molecule has 0 amide bonds. The number of carbonyl (C=O) groups excluding carboxylic acids is 1. The predicted molar refractivity (Wildman–Crippen MR) is 104 cm³/mol. The Balaban J connectivity index is 1.86. The summed E-state index contributed by atoms with van der Waals surface area (Å²) in [6.45, 7) is 7.51. The van der Waals surface area contributed by atoms with Gasteiger partial charge in [0.1, 0.15) is 11.6 Å². The standard InChI is InChI=1S/C22H28N2O2/c1-18(19-10-6-4-7-11-19)26-21(25)22(2,20-12-8-5-9-13-20)24-16-14-23(3)15-17-24/h4-13,18H,14-17H2,1-3H3. The highest BCUT2D eigenvalue weighted by Crippen LogP contribution is 2.33. The van der Waals surface area contributed by atoms with Gasteiger partial charge in [-0.3, -0.25) is 4.90 Å². The Morgan fingerprint density at radius 1 is 0.962 bits per heavy atom. The molecular weight excluding hydrogens is 324 g/mol. The maximum Gasteiger partial charge on any atom is 0.331 e. The van der Waals surface area contributed by atoms with E-state index in [1.54, 1.807) is 0 Å². The van der Waals surface area contributed by atoms with E-state index in [2.05, 4.69) is 16.8 Å².